The zero-order chi connectivity index (χ0) is 15.5. The van der Waals surface area contributed by atoms with E-state index in [0.29, 0.717) is 18.3 Å². The third kappa shape index (κ3) is 16.2. The molecule has 0 rings (SSSR count). The Bertz CT molecular complexity index is 321. The van der Waals surface area contributed by atoms with E-state index in [1.165, 1.54) is 0 Å². The molecule has 0 bridgehead atoms. The van der Waals surface area contributed by atoms with Gasteiger partial charge in [-0.05, 0) is 13.3 Å². The highest BCUT2D eigenvalue weighted by molar-refractivity contribution is 5.86. The zero-order valence-electron chi connectivity index (χ0n) is 10.9. The van der Waals surface area contributed by atoms with E-state index in [9.17, 15) is 22.8 Å². The van der Waals surface area contributed by atoms with E-state index in [2.05, 4.69) is 17.9 Å². The quantitative estimate of drug-likeness (QED) is 0.574. The monoisotopic (exact) mass is 282 g/mol. The van der Waals surface area contributed by atoms with Crippen LogP contribution in [0.3, 0.4) is 0 Å². The van der Waals surface area contributed by atoms with Gasteiger partial charge in [-0.2, -0.15) is 13.2 Å². The van der Waals surface area contributed by atoms with Crippen LogP contribution in [0, 0.1) is 0 Å². The van der Waals surface area contributed by atoms with Crippen LogP contribution in [0.25, 0.3) is 0 Å². The van der Waals surface area contributed by atoms with Crippen molar-refractivity contribution >= 4 is 11.9 Å². The van der Waals surface area contributed by atoms with Crippen molar-refractivity contribution in [3.63, 3.8) is 0 Å². The molecular weight excluding hydrogens is 265 g/mol. The van der Waals surface area contributed by atoms with Crippen molar-refractivity contribution in [2.24, 2.45) is 0 Å². The van der Waals surface area contributed by atoms with Crippen molar-refractivity contribution in [3.05, 3.63) is 24.8 Å². The predicted molar refractivity (Wildman–Crippen MR) is 63.3 cm³/mol. The molecule has 0 aromatic heterocycles. The number of carbonyl (C=O) groups excluding carboxylic acids is 2. The lowest BCUT2D eigenvalue weighted by atomic mass is 10.4. The highest BCUT2D eigenvalue weighted by atomic mass is 19.4. The third-order valence-electron chi connectivity index (χ3n) is 1.33. The molecule has 0 unspecified atom stereocenters. The van der Waals surface area contributed by atoms with Crippen molar-refractivity contribution in [2.45, 2.75) is 26.4 Å². The molecule has 0 saturated carbocycles. The van der Waals surface area contributed by atoms with E-state index < -0.39 is 18.8 Å². The van der Waals surface area contributed by atoms with Gasteiger partial charge >= 0.3 is 18.1 Å². The first-order valence-electron chi connectivity index (χ1n) is 5.32. The van der Waals surface area contributed by atoms with Gasteiger partial charge in [0.2, 0.25) is 0 Å². The Balaban J connectivity index is 0. The van der Waals surface area contributed by atoms with Gasteiger partial charge in [-0.3, -0.25) is 0 Å². The molecule has 0 N–H and O–H groups in total. The van der Waals surface area contributed by atoms with Gasteiger partial charge in [-0.1, -0.05) is 20.1 Å². The molecule has 0 amide bonds. The average Bonchev–Trinajstić information content (AvgIpc) is 2.32. The standard InChI is InChI=1S/C7H12O2.C5H5F3O2/c1-4-5-9-7(8)6(2)3;1-2-4(9)10-3-5(6,7)8/h2,4-5H2,1,3H3;2H,1,3H2. The first-order chi connectivity index (χ1) is 8.64. The molecule has 0 aliphatic rings. The molecule has 0 saturated heterocycles. The molecule has 0 spiro atoms. The minimum Gasteiger partial charge on any atom is -0.462 e. The third-order valence-corrected chi connectivity index (χ3v) is 1.33. The molecule has 0 aliphatic heterocycles. The van der Waals surface area contributed by atoms with Gasteiger partial charge in [0.15, 0.2) is 6.61 Å². The molecule has 0 radical (unpaired) electrons. The van der Waals surface area contributed by atoms with Gasteiger partial charge in [0.25, 0.3) is 0 Å². The molecule has 0 aliphatic carbocycles. The van der Waals surface area contributed by atoms with E-state index in [4.69, 9.17) is 4.74 Å². The molecule has 4 nitrogen and oxygen atoms in total. The summed E-state index contributed by atoms with van der Waals surface area (Å²) in [6, 6.07) is 0. The highest BCUT2D eigenvalue weighted by Crippen LogP contribution is 2.14. The molecule has 0 atom stereocenters. The fourth-order valence-corrected chi connectivity index (χ4v) is 0.530. The summed E-state index contributed by atoms with van der Waals surface area (Å²) in [6.45, 7) is 8.87. The van der Waals surface area contributed by atoms with E-state index in [0.717, 1.165) is 6.42 Å². The van der Waals surface area contributed by atoms with Crippen molar-refractivity contribution in [3.8, 4) is 0 Å². The summed E-state index contributed by atoms with van der Waals surface area (Å²) in [4.78, 5) is 20.6. The number of esters is 2. The Kier molecular flexibility index (Phi) is 10.5. The van der Waals surface area contributed by atoms with Crippen LogP contribution in [0.1, 0.15) is 20.3 Å². The molecule has 110 valence electrons. The Morgan fingerprint density at radius 1 is 1.26 bits per heavy atom. The van der Waals surface area contributed by atoms with Crippen LogP contribution in [0.5, 0.6) is 0 Å². The van der Waals surface area contributed by atoms with Crippen LogP contribution in [0.4, 0.5) is 13.2 Å². The summed E-state index contributed by atoms with van der Waals surface area (Å²) in [5.41, 5.74) is 0.462. The van der Waals surface area contributed by atoms with Crippen LogP contribution in [-0.2, 0) is 19.1 Å². The zero-order valence-corrected chi connectivity index (χ0v) is 10.9. The van der Waals surface area contributed by atoms with E-state index in [-0.39, 0.29) is 5.97 Å². The number of halogens is 3. The lowest BCUT2D eigenvalue weighted by Gasteiger charge is -2.04. The minimum absolute atomic E-state index is 0.295. The summed E-state index contributed by atoms with van der Waals surface area (Å²) < 4.78 is 42.1. The van der Waals surface area contributed by atoms with Crippen LogP contribution in [-0.4, -0.2) is 31.3 Å². The normalized spacial score (nSPS) is 9.74. The number of rotatable bonds is 5. The van der Waals surface area contributed by atoms with Crippen molar-refractivity contribution in [1.82, 2.24) is 0 Å². The van der Waals surface area contributed by atoms with Gasteiger partial charge in [-0.15, -0.1) is 0 Å². The molecule has 0 heterocycles. The van der Waals surface area contributed by atoms with Gasteiger partial charge in [0, 0.05) is 11.6 Å². The van der Waals surface area contributed by atoms with Crippen molar-refractivity contribution < 1.29 is 32.2 Å². The Labute approximate surface area is 109 Å². The number of ether oxygens (including phenoxy) is 2. The van der Waals surface area contributed by atoms with Crippen LogP contribution >= 0.6 is 0 Å². The number of hydrogen-bond donors (Lipinski definition) is 0. The summed E-state index contributed by atoms with van der Waals surface area (Å²) in [5, 5.41) is 0. The number of carbonyl (C=O) groups is 2. The molecule has 0 aromatic carbocycles. The Morgan fingerprint density at radius 2 is 1.79 bits per heavy atom. The number of alkyl halides is 3. The van der Waals surface area contributed by atoms with Gasteiger partial charge < -0.3 is 9.47 Å². The summed E-state index contributed by atoms with van der Waals surface area (Å²) in [5.74, 6) is -1.37. The topological polar surface area (TPSA) is 52.6 Å². The second kappa shape index (κ2) is 10.2. The van der Waals surface area contributed by atoms with Crippen LogP contribution < -0.4 is 0 Å². The molecule has 0 aromatic rings. The lowest BCUT2D eigenvalue weighted by Crippen LogP contribution is -2.19. The Morgan fingerprint density at radius 3 is 2.11 bits per heavy atom. The largest absolute Gasteiger partial charge is 0.462 e. The van der Waals surface area contributed by atoms with E-state index >= 15 is 0 Å². The highest BCUT2D eigenvalue weighted by Gasteiger charge is 2.28. The smallest absolute Gasteiger partial charge is 0.422 e. The van der Waals surface area contributed by atoms with Crippen molar-refractivity contribution in [1.29, 1.82) is 0 Å². The van der Waals surface area contributed by atoms with Crippen LogP contribution in [0.15, 0.2) is 24.8 Å². The fraction of sp³-hybridized carbons (Fsp3) is 0.500. The van der Waals surface area contributed by atoms with E-state index in [1.54, 1.807) is 6.92 Å². The van der Waals surface area contributed by atoms with Crippen molar-refractivity contribution in [2.75, 3.05) is 13.2 Å². The summed E-state index contributed by atoms with van der Waals surface area (Å²) in [7, 11) is 0. The Hall–Kier alpha value is -1.79. The summed E-state index contributed by atoms with van der Waals surface area (Å²) >= 11 is 0. The van der Waals surface area contributed by atoms with Gasteiger partial charge in [0.05, 0.1) is 6.61 Å². The first kappa shape index (κ1) is 19.5. The maximum absolute atomic E-state index is 11.2. The van der Waals surface area contributed by atoms with Crippen LogP contribution in [0.2, 0.25) is 0 Å². The minimum atomic E-state index is -4.46. The average molecular weight is 282 g/mol. The molecular formula is C12H17F3O4. The maximum atomic E-state index is 11.2. The first-order valence-corrected chi connectivity index (χ1v) is 5.32. The maximum Gasteiger partial charge on any atom is 0.422 e. The van der Waals surface area contributed by atoms with Gasteiger partial charge in [0.1, 0.15) is 0 Å². The SMILES string of the molecule is C=C(C)C(=O)OCCC.C=CC(=O)OCC(F)(F)F. The second-order valence-electron chi connectivity index (χ2n) is 3.34. The lowest BCUT2D eigenvalue weighted by molar-refractivity contribution is -0.182. The fourth-order valence-electron chi connectivity index (χ4n) is 0.530. The summed E-state index contributed by atoms with van der Waals surface area (Å²) in [6.07, 6.45) is -2.93. The molecule has 19 heavy (non-hydrogen) atoms. The van der Waals surface area contributed by atoms with Gasteiger partial charge in [-0.25, -0.2) is 9.59 Å². The molecule has 0 fully saturated rings. The number of hydrogen-bond acceptors (Lipinski definition) is 4. The molecule has 7 heteroatoms. The predicted octanol–water partition coefficient (Wildman–Crippen LogP) is 2.79. The van der Waals surface area contributed by atoms with E-state index in [1.807, 2.05) is 6.92 Å². The second-order valence-corrected chi connectivity index (χ2v) is 3.34.